The lowest BCUT2D eigenvalue weighted by Gasteiger charge is -2.30. The molecule has 2 N–H and O–H groups in total. The molecule has 1 saturated heterocycles. The average molecular weight is 561 g/mol. The third-order valence-corrected chi connectivity index (χ3v) is 7.14. The van der Waals surface area contributed by atoms with E-state index in [2.05, 4.69) is 10.6 Å². The Morgan fingerprint density at radius 3 is 2.50 bits per heavy atom. The Bertz CT molecular complexity index is 1500. The Labute approximate surface area is 227 Å². The Balaban J connectivity index is 1.47. The summed E-state index contributed by atoms with van der Waals surface area (Å²) in [6.45, 7) is 3.08. The van der Waals surface area contributed by atoms with E-state index in [0.717, 1.165) is 0 Å². The number of nitrogens with one attached hydrogen (secondary N) is 2. The van der Waals surface area contributed by atoms with Gasteiger partial charge in [0.15, 0.2) is 0 Å². The number of ether oxygens (including phenoxy) is 1. The van der Waals surface area contributed by atoms with Crippen molar-refractivity contribution in [1.82, 2.24) is 10.6 Å². The van der Waals surface area contributed by atoms with Crippen LogP contribution in [0.15, 0.2) is 40.8 Å². The van der Waals surface area contributed by atoms with Gasteiger partial charge in [-0.15, -0.1) is 0 Å². The number of fused-ring (bicyclic) bond motifs is 3. The molecule has 40 heavy (non-hydrogen) atoms. The van der Waals surface area contributed by atoms with Crippen molar-refractivity contribution in [3.63, 3.8) is 0 Å². The van der Waals surface area contributed by atoms with Gasteiger partial charge in [0, 0.05) is 29.4 Å². The van der Waals surface area contributed by atoms with Crippen LogP contribution < -0.4 is 15.5 Å². The van der Waals surface area contributed by atoms with E-state index in [4.69, 9.17) is 9.15 Å². The van der Waals surface area contributed by atoms with Crippen molar-refractivity contribution in [1.29, 1.82) is 5.26 Å². The summed E-state index contributed by atoms with van der Waals surface area (Å²) in [4.78, 5) is 26.8. The van der Waals surface area contributed by atoms with Crippen molar-refractivity contribution >= 4 is 39.4 Å². The first-order chi connectivity index (χ1) is 18.8. The third-order valence-electron chi connectivity index (χ3n) is 7.14. The Kier molecular flexibility index (Phi) is 7.00. The Morgan fingerprint density at radius 1 is 1.12 bits per heavy atom. The summed E-state index contributed by atoms with van der Waals surface area (Å²) in [6, 6.07) is 7.20. The van der Waals surface area contributed by atoms with E-state index in [0.29, 0.717) is 48.0 Å². The monoisotopic (exact) mass is 560 g/mol. The third kappa shape index (κ3) is 5.76. The number of halogens is 4. The molecule has 1 aliphatic carbocycles. The lowest BCUT2D eigenvalue weighted by Crippen LogP contribution is -2.53. The van der Waals surface area contributed by atoms with Crippen LogP contribution in [0.2, 0.25) is 0 Å². The van der Waals surface area contributed by atoms with Gasteiger partial charge in [-0.05, 0) is 56.5 Å². The number of carbonyl (C=O) groups excluding carboxylic acids is 2. The maximum absolute atomic E-state index is 14.6. The highest BCUT2D eigenvalue weighted by Gasteiger charge is 2.48. The summed E-state index contributed by atoms with van der Waals surface area (Å²) in [5.41, 5.74) is -2.08. The van der Waals surface area contributed by atoms with Crippen molar-refractivity contribution in [3.8, 4) is 6.07 Å². The van der Waals surface area contributed by atoms with Gasteiger partial charge in [-0.25, -0.2) is 4.39 Å². The van der Waals surface area contributed by atoms with Crippen LogP contribution in [0.3, 0.4) is 0 Å². The molecule has 2 aliphatic rings. The summed E-state index contributed by atoms with van der Waals surface area (Å²) < 4.78 is 68.7. The number of morpholine rings is 1. The van der Waals surface area contributed by atoms with Crippen LogP contribution in [-0.2, 0) is 14.3 Å². The molecule has 0 bridgehead atoms. The predicted molar refractivity (Wildman–Crippen MR) is 138 cm³/mol. The molecular weight excluding hydrogens is 532 g/mol. The lowest BCUT2D eigenvalue weighted by atomic mass is 9.97. The van der Waals surface area contributed by atoms with E-state index in [1.54, 1.807) is 23.1 Å². The van der Waals surface area contributed by atoms with Crippen LogP contribution in [0.4, 0.5) is 23.2 Å². The summed E-state index contributed by atoms with van der Waals surface area (Å²) in [7, 11) is 0. The minimum Gasteiger partial charge on any atom is -0.456 e. The predicted octanol–water partition coefficient (Wildman–Crippen LogP) is 4.82. The van der Waals surface area contributed by atoms with Gasteiger partial charge in [0.1, 0.15) is 35.0 Å². The van der Waals surface area contributed by atoms with E-state index in [1.165, 1.54) is 32.0 Å². The van der Waals surface area contributed by atoms with Crippen LogP contribution in [0.25, 0.3) is 21.9 Å². The van der Waals surface area contributed by atoms with E-state index in [-0.39, 0.29) is 23.7 Å². The molecule has 0 radical (unpaired) electrons. The SMILES string of the molecule is CC(C)(F)C[C@H](N[C@@H](c1ccc2c(c1)oc1ccc(N3CCOCC3=O)cc12)C(F)(F)F)C(=O)NC1(C#N)CC1. The van der Waals surface area contributed by atoms with Crippen LogP contribution in [-0.4, -0.2) is 55.0 Å². The molecule has 1 saturated carbocycles. The molecule has 8 nitrogen and oxygen atoms in total. The number of rotatable bonds is 8. The number of nitriles is 1. The number of hydrogen-bond donors (Lipinski definition) is 2. The van der Waals surface area contributed by atoms with Crippen molar-refractivity contribution in [3.05, 3.63) is 42.0 Å². The molecule has 1 aliphatic heterocycles. The molecule has 0 spiro atoms. The first-order valence-corrected chi connectivity index (χ1v) is 12.9. The molecule has 1 aromatic heterocycles. The van der Waals surface area contributed by atoms with Gasteiger partial charge in [0.2, 0.25) is 5.91 Å². The summed E-state index contributed by atoms with van der Waals surface area (Å²) >= 11 is 0. The fourth-order valence-corrected chi connectivity index (χ4v) is 4.93. The molecule has 3 aromatic rings. The van der Waals surface area contributed by atoms with Gasteiger partial charge in [0.05, 0.1) is 18.7 Å². The smallest absolute Gasteiger partial charge is 0.407 e. The van der Waals surface area contributed by atoms with Gasteiger partial charge in [-0.1, -0.05) is 12.1 Å². The summed E-state index contributed by atoms with van der Waals surface area (Å²) in [6.07, 6.45) is -4.61. The minimum absolute atomic E-state index is 0.0323. The lowest BCUT2D eigenvalue weighted by molar-refractivity contribution is -0.161. The molecule has 12 heteroatoms. The average Bonchev–Trinajstić information content (AvgIpc) is 3.56. The number of alkyl halides is 4. The van der Waals surface area contributed by atoms with Crippen LogP contribution in [0.1, 0.15) is 44.7 Å². The molecule has 2 atom stereocenters. The van der Waals surface area contributed by atoms with E-state index >= 15 is 0 Å². The van der Waals surface area contributed by atoms with Crippen molar-refractivity contribution in [2.75, 3.05) is 24.7 Å². The highest BCUT2D eigenvalue weighted by atomic mass is 19.4. The number of amides is 2. The highest BCUT2D eigenvalue weighted by Crippen LogP contribution is 2.39. The molecule has 2 fully saturated rings. The highest BCUT2D eigenvalue weighted by molar-refractivity contribution is 6.07. The molecule has 2 amide bonds. The maximum atomic E-state index is 14.6. The first kappa shape index (κ1) is 27.9. The van der Waals surface area contributed by atoms with Crippen molar-refractivity contribution in [2.45, 2.75) is 62.6 Å². The molecular formula is C28H28F4N4O4. The topological polar surface area (TPSA) is 108 Å². The largest absolute Gasteiger partial charge is 0.456 e. The summed E-state index contributed by atoms with van der Waals surface area (Å²) in [5, 5.41) is 15.3. The number of benzene rings is 2. The minimum atomic E-state index is -4.84. The number of anilines is 1. The van der Waals surface area contributed by atoms with Gasteiger partial charge >= 0.3 is 6.18 Å². The van der Waals surface area contributed by atoms with E-state index in [1.807, 2.05) is 6.07 Å². The second-order valence-corrected chi connectivity index (χ2v) is 10.9. The van der Waals surface area contributed by atoms with E-state index < -0.39 is 41.8 Å². The fraction of sp³-hybridized carbons (Fsp3) is 0.464. The zero-order valence-corrected chi connectivity index (χ0v) is 21.9. The fourth-order valence-electron chi connectivity index (χ4n) is 4.93. The molecule has 5 rings (SSSR count). The Morgan fingerprint density at radius 2 is 1.88 bits per heavy atom. The second-order valence-electron chi connectivity index (χ2n) is 10.9. The summed E-state index contributed by atoms with van der Waals surface area (Å²) in [5.74, 6) is -1.06. The van der Waals surface area contributed by atoms with Gasteiger partial charge in [-0.2, -0.15) is 18.4 Å². The quantitative estimate of drug-likeness (QED) is 0.383. The van der Waals surface area contributed by atoms with Crippen LogP contribution in [0, 0.1) is 11.3 Å². The maximum Gasteiger partial charge on any atom is 0.407 e. The van der Waals surface area contributed by atoms with Crippen LogP contribution in [0.5, 0.6) is 0 Å². The van der Waals surface area contributed by atoms with Crippen LogP contribution >= 0.6 is 0 Å². The molecule has 2 aromatic carbocycles. The number of nitrogens with zero attached hydrogens (tertiary/aromatic N) is 2. The Hall–Kier alpha value is -3.69. The van der Waals surface area contributed by atoms with Gasteiger partial charge < -0.3 is 19.4 Å². The first-order valence-electron chi connectivity index (χ1n) is 12.9. The molecule has 2 heterocycles. The molecule has 212 valence electrons. The van der Waals surface area contributed by atoms with E-state index in [9.17, 15) is 32.4 Å². The zero-order valence-electron chi connectivity index (χ0n) is 21.9. The second kappa shape index (κ2) is 10.1. The van der Waals surface area contributed by atoms with Crippen molar-refractivity contribution in [2.24, 2.45) is 0 Å². The normalized spacial score (nSPS) is 18.9. The number of hydrogen-bond acceptors (Lipinski definition) is 6. The molecule has 0 unspecified atom stereocenters. The number of furan rings is 1. The van der Waals surface area contributed by atoms with Gasteiger partial charge in [-0.3, -0.25) is 14.9 Å². The van der Waals surface area contributed by atoms with Gasteiger partial charge in [0.25, 0.3) is 5.91 Å². The number of carbonyl (C=O) groups is 2. The standard InChI is InChI=1S/C28H28F4N4O4/c1-26(2,29)13-20(25(38)35-27(15-33)7-8-27)34-24(28(30,31)32)16-3-5-18-19-12-17(36-9-10-39-14-23(36)37)4-6-21(19)40-22(18)11-16/h3-6,11-12,20,24,34H,7-10,13-14H2,1-2H3,(H,35,38)/t20-,24-/m0/s1. The zero-order chi connectivity index (χ0) is 28.9. The van der Waals surface area contributed by atoms with Crippen molar-refractivity contribution < 1.29 is 36.3 Å².